The number of hydrogen-bond donors (Lipinski definition) is 2. The van der Waals surface area contributed by atoms with E-state index in [0.29, 0.717) is 0 Å². The highest BCUT2D eigenvalue weighted by atomic mass is 79.9. The van der Waals surface area contributed by atoms with Crippen LogP contribution in [0.2, 0.25) is 0 Å². The molecule has 19 heavy (non-hydrogen) atoms. The Kier molecular flexibility index (Phi) is 3.61. The van der Waals surface area contributed by atoms with Crippen LogP contribution in [0, 0.1) is 0 Å². The number of hydrazine groups is 1. The predicted molar refractivity (Wildman–Crippen MR) is 82.9 cm³/mol. The Morgan fingerprint density at radius 1 is 1.26 bits per heavy atom. The van der Waals surface area contributed by atoms with Crippen LogP contribution >= 0.6 is 27.3 Å². The second-order valence-corrected chi connectivity index (χ2v) is 6.50. The summed E-state index contributed by atoms with van der Waals surface area (Å²) in [6.07, 6.45) is 1.81. The Morgan fingerprint density at radius 3 is 2.84 bits per heavy atom. The largest absolute Gasteiger partial charge is 0.271 e. The number of nitrogens with one attached hydrogen (secondary N) is 1. The summed E-state index contributed by atoms with van der Waals surface area (Å²) in [6, 6.07) is 12.2. The number of benzene rings is 1. The first-order chi connectivity index (χ1) is 9.29. The zero-order valence-corrected chi connectivity index (χ0v) is 12.4. The van der Waals surface area contributed by atoms with Crippen LogP contribution < -0.4 is 11.3 Å². The number of hydrogen-bond acceptors (Lipinski definition) is 4. The molecule has 3 rings (SSSR count). The average Bonchev–Trinajstić information content (AvgIpc) is 2.86. The first kappa shape index (κ1) is 12.7. The Balaban J connectivity index is 2.16. The first-order valence-corrected chi connectivity index (χ1v) is 7.50. The summed E-state index contributed by atoms with van der Waals surface area (Å²) in [7, 11) is 0. The van der Waals surface area contributed by atoms with Crippen LogP contribution in [0.1, 0.15) is 17.2 Å². The highest BCUT2D eigenvalue weighted by molar-refractivity contribution is 9.11. The number of pyridine rings is 1. The maximum atomic E-state index is 5.75. The summed E-state index contributed by atoms with van der Waals surface area (Å²) in [4.78, 5) is 4.48. The molecule has 0 aliphatic carbocycles. The lowest BCUT2D eigenvalue weighted by molar-refractivity contribution is 0.642. The zero-order valence-electron chi connectivity index (χ0n) is 10.0. The minimum atomic E-state index is -0.0545. The van der Waals surface area contributed by atoms with Gasteiger partial charge in [0.2, 0.25) is 0 Å². The number of aromatic nitrogens is 1. The molecule has 3 nitrogen and oxygen atoms in total. The van der Waals surface area contributed by atoms with Crippen molar-refractivity contribution in [3.05, 3.63) is 62.9 Å². The summed E-state index contributed by atoms with van der Waals surface area (Å²) in [5.74, 6) is 5.75. The molecule has 1 aromatic carbocycles. The Bertz CT molecular complexity index is 705. The van der Waals surface area contributed by atoms with Gasteiger partial charge in [0.05, 0.1) is 15.3 Å². The lowest BCUT2D eigenvalue weighted by Gasteiger charge is -2.16. The number of thiophene rings is 1. The van der Waals surface area contributed by atoms with E-state index < -0.39 is 0 Å². The second kappa shape index (κ2) is 5.38. The van der Waals surface area contributed by atoms with Crippen molar-refractivity contribution >= 4 is 38.2 Å². The van der Waals surface area contributed by atoms with Crippen molar-refractivity contribution in [3.63, 3.8) is 0 Å². The molecule has 96 valence electrons. The number of rotatable bonds is 3. The smallest absolute Gasteiger partial charge is 0.0753 e. The minimum Gasteiger partial charge on any atom is -0.271 e. The van der Waals surface area contributed by atoms with Crippen LogP contribution in [0.15, 0.2) is 51.8 Å². The van der Waals surface area contributed by atoms with Crippen molar-refractivity contribution in [3.8, 4) is 0 Å². The zero-order chi connectivity index (χ0) is 13.2. The van der Waals surface area contributed by atoms with Crippen molar-refractivity contribution in [1.82, 2.24) is 10.4 Å². The normalized spacial score (nSPS) is 12.7. The van der Waals surface area contributed by atoms with Crippen LogP contribution in [-0.2, 0) is 0 Å². The first-order valence-electron chi connectivity index (χ1n) is 5.83. The fourth-order valence-corrected chi connectivity index (χ4v) is 3.40. The van der Waals surface area contributed by atoms with E-state index in [2.05, 4.69) is 56.0 Å². The average molecular weight is 334 g/mol. The second-order valence-electron chi connectivity index (χ2n) is 4.21. The lowest BCUT2D eigenvalue weighted by atomic mass is 9.99. The van der Waals surface area contributed by atoms with Gasteiger partial charge in [-0.1, -0.05) is 24.3 Å². The standard InChI is InChI=1S/C14H12BrN3S/c15-12-7-10(8-19-12)14(18-16)11-5-1-3-9-4-2-6-17-13(9)11/h1-8,14,18H,16H2. The lowest BCUT2D eigenvalue weighted by Crippen LogP contribution is -2.28. The van der Waals surface area contributed by atoms with E-state index in [-0.39, 0.29) is 6.04 Å². The van der Waals surface area contributed by atoms with Gasteiger partial charge in [0.25, 0.3) is 0 Å². The quantitative estimate of drug-likeness (QED) is 0.568. The van der Waals surface area contributed by atoms with Gasteiger partial charge < -0.3 is 0 Å². The van der Waals surface area contributed by atoms with Crippen molar-refractivity contribution < 1.29 is 0 Å². The predicted octanol–water partition coefficient (Wildman–Crippen LogP) is 3.61. The van der Waals surface area contributed by atoms with Gasteiger partial charge in [-0.05, 0) is 39.0 Å². The summed E-state index contributed by atoms with van der Waals surface area (Å²) < 4.78 is 1.09. The molecule has 0 amide bonds. The maximum Gasteiger partial charge on any atom is 0.0753 e. The molecule has 0 aliphatic heterocycles. The number of para-hydroxylation sites is 1. The van der Waals surface area contributed by atoms with E-state index >= 15 is 0 Å². The number of fused-ring (bicyclic) bond motifs is 1. The molecule has 0 aliphatic rings. The molecule has 0 fully saturated rings. The fourth-order valence-electron chi connectivity index (χ4n) is 2.20. The summed E-state index contributed by atoms with van der Waals surface area (Å²) in [6.45, 7) is 0. The molecular weight excluding hydrogens is 322 g/mol. The van der Waals surface area contributed by atoms with Crippen LogP contribution in [0.5, 0.6) is 0 Å². The van der Waals surface area contributed by atoms with Crippen molar-refractivity contribution in [2.75, 3.05) is 0 Å². The van der Waals surface area contributed by atoms with Crippen molar-refractivity contribution in [2.24, 2.45) is 5.84 Å². The molecule has 0 bridgehead atoms. The summed E-state index contributed by atoms with van der Waals surface area (Å²) >= 11 is 5.14. The number of nitrogens with zero attached hydrogens (tertiary/aromatic N) is 1. The Hall–Kier alpha value is -1.27. The van der Waals surface area contributed by atoms with Gasteiger partial charge in [-0.25, -0.2) is 5.43 Å². The minimum absolute atomic E-state index is 0.0545. The maximum absolute atomic E-state index is 5.75. The summed E-state index contributed by atoms with van der Waals surface area (Å²) in [5, 5.41) is 3.21. The van der Waals surface area contributed by atoms with Gasteiger partial charge >= 0.3 is 0 Å². The molecule has 1 atom stereocenters. The van der Waals surface area contributed by atoms with Crippen LogP contribution in [-0.4, -0.2) is 4.98 Å². The number of halogens is 1. The molecule has 0 radical (unpaired) electrons. The van der Waals surface area contributed by atoms with Crippen molar-refractivity contribution in [2.45, 2.75) is 6.04 Å². The van der Waals surface area contributed by atoms with E-state index in [9.17, 15) is 0 Å². The third-order valence-electron chi connectivity index (χ3n) is 3.06. The number of nitrogens with two attached hydrogens (primary N) is 1. The molecule has 3 N–H and O–H groups in total. The van der Waals surface area contributed by atoms with Gasteiger partial charge in [-0.15, -0.1) is 11.3 Å². The van der Waals surface area contributed by atoms with Gasteiger partial charge in [-0.3, -0.25) is 10.8 Å². The highest BCUT2D eigenvalue weighted by Crippen LogP contribution is 2.31. The van der Waals surface area contributed by atoms with Crippen LogP contribution in [0.4, 0.5) is 0 Å². The summed E-state index contributed by atoms with van der Waals surface area (Å²) in [5.41, 5.74) is 6.09. The van der Waals surface area contributed by atoms with Crippen molar-refractivity contribution in [1.29, 1.82) is 0 Å². The Labute approximate surface area is 123 Å². The van der Waals surface area contributed by atoms with Crippen LogP contribution in [0.25, 0.3) is 10.9 Å². The molecular formula is C14H12BrN3S. The van der Waals surface area contributed by atoms with Gasteiger partial charge in [0.1, 0.15) is 0 Å². The molecule has 5 heteroatoms. The van der Waals surface area contributed by atoms with Gasteiger partial charge in [0.15, 0.2) is 0 Å². The van der Waals surface area contributed by atoms with E-state index in [1.807, 2.05) is 18.3 Å². The Morgan fingerprint density at radius 2 is 2.11 bits per heavy atom. The third kappa shape index (κ3) is 2.42. The van der Waals surface area contributed by atoms with E-state index in [0.717, 1.165) is 25.8 Å². The topological polar surface area (TPSA) is 50.9 Å². The molecule has 1 unspecified atom stereocenters. The molecule has 2 aromatic heterocycles. The molecule has 2 heterocycles. The molecule has 0 spiro atoms. The SMILES string of the molecule is NNC(c1csc(Br)c1)c1cccc2cccnc12. The van der Waals surface area contributed by atoms with Gasteiger partial charge in [0, 0.05) is 17.1 Å². The van der Waals surface area contributed by atoms with Gasteiger partial charge in [-0.2, -0.15) is 0 Å². The molecule has 0 saturated heterocycles. The highest BCUT2D eigenvalue weighted by Gasteiger charge is 2.17. The fraction of sp³-hybridized carbons (Fsp3) is 0.0714. The van der Waals surface area contributed by atoms with E-state index in [1.165, 1.54) is 0 Å². The third-order valence-corrected chi connectivity index (χ3v) is 4.59. The molecule has 3 aromatic rings. The monoisotopic (exact) mass is 333 g/mol. The molecule has 0 saturated carbocycles. The van der Waals surface area contributed by atoms with E-state index in [4.69, 9.17) is 5.84 Å². The van der Waals surface area contributed by atoms with E-state index in [1.54, 1.807) is 11.3 Å². The van der Waals surface area contributed by atoms with Crippen LogP contribution in [0.3, 0.4) is 0 Å².